The van der Waals surface area contributed by atoms with Crippen molar-refractivity contribution in [3.05, 3.63) is 23.8 Å². The van der Waals surface area contributed by atoms with Crippen molar-refractivity contribution >= 4 is 15.9 Å². The van der Waals surface area contributed by atoms with Gasteiger partial charge in [-0.2, -0.15) is 4.31 Å². The van der Waals surface area contributed by atoms with Gasteiger partial charge >= 0.3 is 0 Å². The predicted octanol–water partition coefficient (Wildman–Crippen LogP) is 1.48. The topological polar surface area (TPSA) is 82.2 Å². The molecule has 1 fully saturated rings. The highest BCUT2D eigenvalue weighted by Crippen LogP contribution is 2.27. The van der Waals surface area contributed by atoms with Crippen molar-refractivity contribution in [2.24, 2.45) is 0 Å². The van der Waals surface area contributed by atoms with Gasteiger partial charge in [0.2, 0.25) is 10.0 Å². The first-order valence-electron chi connectivity index (χ1n) is 10.8. The van der Waals surface area contributed by atoms with Gasteiger partial charge in [-0.15, -0.1) is 0 Å². The lowest BCUT2D eigenvalue weighted by molar-refractivity contribution is 0.0948. The molecule has 1 N–H and O–H groups in total. The summed E-state index contributed by atoms with van der Waals surface area (Å²) < 4.78 is 32.5. The Morgan fingerprint density at radius 2 is 1.73 bits per heavy atom. The van der Waals surface area contributed by atoms with Crippen molar-refractivity contribution in [2.75, 3.05) is 66.0 Å². The molecule has 0 atom stereocenters. The number of likely N-dealkylation sites (N-methyl/N-ethyl adjacent to an activating group) is 1. The van der Waals surface area contributed by atoms with E-state index >= 15 is 0 Å². The fourth-order valence-corrected chi connectivity index (χ4v) is 5.30. The highest BCUT2D eigenvalue weighted by molar-refractivity contribution is 7.89. The van der Waals surface area contributed by atoms with E-state index < -0.39 is 10.0 Å². The van der Waals surface area contributed by atoms with Crippen LogP contribution >= 0.6 is 0 Å². The minimum atomic E-state index is -3.73. The molecular formula is C21H36N4O4S. The van der Waals surface area contributed by atoms with E-state index in [4.69, 9.17) is 4.74 Å². The fourth-order valence-electron chi connectivity index (χ4n) is 3.66. The van der Waals surface area contributed by atoms with Crippen LogP contribution in [0.25, 0.3) is 0 Å². The zero-order valence-electron chi connectivity index (χ0n) is 18.7. The summed E-state index contributed by atoms with van der Waals surface area (Å²) in [4.78, 5) is 17.5. The Labute approximate surface area is 181 Å². The minimum absolute atomic E-state index is 0.0233. The lowest BCUT2D eigenvalue weighted by Gasteiger charge is -2.33. The average Bonchev–Trinajstić information content (AvgIpc) is 2.77. The second kappa shape index (κ2) is 11.6. The summed E-state index contributed by atoms with van der Waals surface area (Å²) in [6.07, 6.45) is 0.860. The normalized spacial score (nSPS) is 16.0. The molecular weight excluding hydrogens is 404 g/mol. The second-order valence-corrected chi connectivity index (χ2v) is 9.25. The van der Waals surface area contributed by atoms with Crippen molar-refractivity contribution in [2.45, 2.75) is 32.1 Å². The van der Waals surface area contributed by atoms with Crippen molar-refractivity contribution in [3.63, 3.8) is 0 Å². The van der Waals surface area contributed by atoms with Gasteiger partial charge in [0.15, 0.2) is 0 Å². The largest absolute Gasteiger partial charge is 0.495 e. The molecule has 0 aromatic heterocycles. The minimum Gasteiger partial charge on any atom is -0.495 e. The van der Waals surface area contributed by atoms with Crippen LogP contribution < -0.4 is 10.1 Å². The molecule has 1 aliphatic heterocycles. The number of nitrogens with zero attached hydrogens (tertiary/aromatic N) is 3. The smallest absolute Gasteiger partial charge is 0.251 e. The maximum atomic E-state index is 12.9. The summed E-state index contributed by atoms with van der Waals surface area (Å²) in [5, 5.41) is 2.91. The van der Waals surface area contributed by atoms with Crippen LogP contribution in [-0.2, 0) is 10.0 Å². The number of hydrogen-bond acceptors (Lipinski definition) is 6. The van der Waals surface area contributed by atoms with Crippen LogP contribution in [-0.4, -0.2) is 94.4 Å². The number of benzene rings is 1. The molecule has 0 saturated carbocycles. The average molecular weight is 441 g/mol. The summed E-state index contributed by atoms with van der Waals surface area (Å²) in [7, 11) is -2.30. The zero-order chi connectivity index (χ0) is 22.1. The first-order valence-corrected chi connectivity index (χ1v) is 12.2. The molecule has 8 nitrogen and oxygen atoms in total. The summed E-state index contributed by atoms with van der Waals surface area (Å²) in [6.45, 7) is 13.4. The van der Waals surface area contributed by atoms with Crippen LogP contribution in [0.15, 0.2) is 23.1 Å². The third-order valence-electron chi connectivity index (χ3n) is 5.60. The number of carbonyl (C=O) groups excluding carboxylic acids is 1. The first kappa shape index (κ1) is 24.6. The Hall–Kier alpha value is -1.68. The van der Waals surface area contributed by atoms with E-state index in [-0.39, 0.29) is 16.6 Å². The molecule has 30 heavy (non-hydrogen) atoms. The number of ether oxygens (including phenoxy) is 1. The maximum Gasteiger partial charge on any atom is 0.251 e. The van der Waals surface area contributed by atoms with Crippen LogP contribution in [0.2, 0.25) is 0 Å². The molecule has 1 saturated heterocycles. The zero-order valence-corrected chi connectivity index (χ0v) is 19.5. The monoisotopic (exact) mass is 440 g/mol. The molecule has 1 aromatic rings. The Kier molecular flexibility index (Phi) is 9.54. The van der Waals surface area contributed by atoms with Crippen molar-refractivity contribution < 1.29 is 17.9 Å². The number of amides is 1. The van der Waals surface area contributed by atoms with Crippen LogP contribution in [0, 0.1) is 0 Å². The van der Waals surface area contributed by atoms with Crippen LogP contribution in [0.5, 0.6) is 5.75 Å². The standard InChI is InChI=1S/C21H36N4O4S/c1-5-23-13-15-24(16-14-23)12-8-11-22-21(26)18-9-10-19(29-4)20(17-18)30(27,28)25(6-2)7-3/h9-10,17H,5-8,11-16H2,1-4H3,(H,22,26). The van der Waals surface area contributed by atoms with Gasteiger partial charge < -0.3 is 19.9 Å². The summed E-state index contributed by atoms with van der Waals surface area (Å²) in [5.74, 6) is -0.0332. The molecule has 1 heterocycles. The van der Waals surface area contributed by atoms with Gasteiger partial charge in [0.1, 0.15) is 10.6 Å². The number of nitrogens with one attached hydrogen (secondary N) is 1. The molecule has 0 aliphatic carbocycles. The molecule has 0 unspecified atom stereocenters. The maximum absolute atomic E-state index is 12.9. The number of rotatable bonds is 11. The van der Waals surface area contributed by atoms with E-state index in [9.17, 15) is 13.2 Å². The molecule has 0 bridgehead atoms. The Morgan fingerprint density at radius 3 is 2.30 bits per heavy atom. The van der Waals surface area contributed by atoms with Gasteiger partial charge in [0.05, 0.1) is 7.11 Å². The molecule has 170 valence electrons. The van der Waals surface area contributed by atoms with Gasteiger partial charge in [-0.05, 0) is 37.7 Å². The van der Waals surface area contributed by atoms with Crippen LogP contribution in [0.1, 0.15) is 37.6 Å². The number of carbonyl (C=O) groups is 1. The van der Waals surface area contributed by atoms with Gasteiger partial charge in [-0.1, -0.05) is 20.8 Å². The lowest BCUT2D eigenvalue weighted by atomic mass is 10.2. The third kappa shape index (κ3) is 6.16. The summed E-state index contributed by atoms with van der Waals surface area (Å²) in [6, 6.07) is 4.55. The van der Waals surface area contributed by atoms with E-state index in [1.807, 2.05) is 0 Å². The highest BCUT2D eigenvalue weighted by Gasteiger charge is 2.26. The van der Waals surface area contributed by atoms with E-state index in [0.29, 0.717) is 25.2 Å². The van der Waals surface area contributed by atoms with E-state index in [0.717, 1.165) is 45.7 Å². The molecule has 0 radical (unpaired) electrons. The van der Waals surface area contributed by atoms with E-state index in [1.54, 1.807) is 26.0 Å². The van der Waals surface area contributed by atoms with Crippen LogP contribution in [0.3, 0.4) is 0 Å². The molecule has 1 amide bonds. The molecule has 9 heteroatoms. The third-order valence-corrected chi connectivity index (χ3v) is 7.67. The summed E-state index contributed by atoms with van der Waals surface area (Å²) in [5.41, 5.74) is 0.318. The summed E-state index contributed by atoms with van der Waals surface area (Å²) >= 11 is 0. The van der Waals surface area contributed by atoms with Crippen LogP contribution in [0.4, 0.5) is 0 Å². The van der Waals surface area contributed by atoms with Gasteiger partial charge in [0, 0.05) is 51.4 Å². The molecule has 1 aromatic carbocycles. The quantitative estimate of drug-likeness (QED) is 0.525. The van der Waals surface area contributed by atoms with Crippen molar-refractivity contribution in [1.82, 2.24) is 19.4 Å². The SMILES string of the molecule is CCN1CCN(CCCNC(=O)c2ccc(OC)c(S(=O)(=O)N(CC)CC)c2)CC1. The first-order chi connectivity index (χ1) is 14.4. The Morgan fingerprint density at radius 1 is 1.10 bits per heavy atom. The second-order valence-electron chi connectivity index (χ2n) is 7.34. The van der Waals surface area contributed by atoms with E-state index in [1.165, 1.54) is 17.5 Å². The van der Waals surface area contributed by atoms with Gasteiger partial charge in [0.25, 0.3) is 5.91 Å². The van der Waals surface area contributed by atoms with Crippen molar-refractivity contribution in [3.8, 4) is 5.75 Å². The number of hydrogen-bond donors (Lipinski definition) is 1. The molecule has 1 aliphatic rings. The van der Waals surface area contributed by atoms with Gasteiger partial charge in [-0.25, -0.2) is 8.42 Å². The number of piperazine rings is 1. The van der Waals surface area contributed by atoms with Crippen molar-refractivity contribution in [1.29, 1.82) is 0 Å². The van der Waals surface area contributed by atoms with E-state index in [2.05, 4.69) is 22.0 Å². The lowest BCUT2D eigenvalue weighted by Crippen LogP contribution is -2.46. The fraction of sp³-hybridized carbons (Fsp3) is 0.667. The van der Waals surface area contributed by atoms with Gasteiger partial charge in [-0.3, -0.25) is 4.79 Å². The number of methoxy groups -OCH3 is 1. The number of sulfonamides is 1. The Balaban J connectivity index is 1.96. The molecule has 0 spiro atoms. The Bertz CT molecular complexity index is 788. The predicted molar refractivity (Wildman–Crippen MR) is 119 cm³/mol. The molecule has 2 rings (SSSR count). The highest BCUT2D eigenvalue weighted by atomic mass is 32.2.